The molecule has 1 N–H and O–H groups in total. The van der Waals surface area contributed by atoms with E-state index in [1.54, 1.807) is 6.07 Å². The third-order valence-electron chi connectivity index (χ3n) is 3.17. The molecule has 108 valence electrons. The number of nitrogens with zero attached hydrogens (tertiary/aromatic N) is 3. The molecule has 2 aromatic rings. The van der Waals surface area contributed by atoms with Gasteiger partial charge in [0.2, 0.25) is 0 Å². The highest BCUT2D eigenvalue weighted by Crippen LogP contribution is 2.14. The summed E-state index contributed by atoms with van der Waals surface area (Å²) in [6.07, 6.45) is 3.87. The van der Waals surface area contributed by atoms with E-state index in [1.807, 2.05) is 22.9 Å². The van der Waals surface area contributed by atoms with Crippen molar-refractivity contribution in [1.29, 1.82) is 0 Å². The predicted octanol–water partition coefficient (Wildman–Crippen LogP) is 2.67. The molecule has 0 atom stereocenters. The van der Waals surface area contributed by atoms with Crippen molar-refractivity contribution in [2.24, 2.45) is 0 Å². The highest BCUT2D eigenvalue weighted by atomic mass is 35.5. The Morgan fingerprint density at radius 1 is 1.45 bits per heavy atom. The predicted molar refractivity (Wildman–Crippen MR) is 78.0 cm³/mol. The number of carbonyl (C=O) groups is 1. The van der Waals surface area contributed by atoms with Crippen LogP contribution in [0.5, 0.6) is 0 Å². The zero-order valence-corrected chi connectivity index (χ0v) is 12.3. The van der Waals surface area contributed by atoms with Crippen molar-refractivity contribution in [3.8, 4) is 0 Å². The highest BCUT2D eigenvalue weighted by Gasteiger charge is 2.13. The molecule has 0 spiro atoms. The Morgan fingerprint density at radius 2 is 2.20 bits per heavy atom. The molecule has 2 aromatic heterocycles. The van der Waals surface area contributed by atoms with Gasteiger partial charge in [-0.15, -0.1) is 0 Å². The Bertz CT molecular complexity index is 609. The second-order valence-corrected chi connectivity index (χ2v) is 5.49. The third-order valence-corrected chi connectivity index (χ3v) is 3.40. The van der Waals surface area contributed by atoms with Crippen molar-refractivity contribution in [3.05, 3.63) is 35.2 Å². The highest BCUT2D eigenvalue weighted by molar-refractivity contribution is 6.30. The zero-order valence-electron chi connectivity index (χ0n) is 11.6. The van der Waals surface area contributed by atoms with E-state index in [2.05, 4.69) is 23.7 Å². The van der Waals surface area contributed by atoms with Gasteiger partial charge in [-0.25, -0.2) is 4.98 Å². The molecule has 0 radical (unpaired) electrons. The van der Waals surface area contributed by atoms with E-state index in [9.17, 15) is 4.79 Å². The molecular weight excluding hydrogens is 278 g/mol. The molecule has 5 nitrogen and oxygen atoms in total. The van der Waals surface area contributed by atoms with Gasteiger partial charge in [-0.2, -0.15) is 0 Å². The Balaban J connectivity index is 2.13. The first-order valence-electron chi connectivity index (χ1n) is 6.54. The maximum absolute atomic E-state index is 10.7. The second-order valence-electron chi connectivity index (χ2n) is 5.05. The minimum Gasteiger partial charge on any atom is -0.481 e. The molecule has 20 heavy (non-hydrogen) atoms. The number of aliphatic carboxylic acids is 1. The molecule has 0 aliphatic heterocycles. The second kappa shape index (κ2) is 6.24. The van der Waals surface area contributed by atoms with E-state index in [1.165, 1.54) is 0 Å². The normalized spacial score (nSPS) is 11.7. The number of carboxylic acids is 1. The Kier molecular flexibility index (Phi) is 4.62. The number of hydrogen-bond acceptors (Lipinski definition) is 3. The summed E-state index contributed by atoms with van der Waals surface area (Å²) in [7, 11) is 0. The summed E-state index contributed by atoms with van der Waals surface area (Å²) in [5, 5.41) is 9.45. The third kappa shape index (κ3) is 3.71. The van der Waals surface area contributed by atoms with Crippen LogP contribution < -0.4 is 0 Å². The summed E-state index contributed by atoms with van der Waals surface area (Å²) in [4.78, 5) is 17.3. The molecule has 0 unspecified atom stereocenters. The molecule has 0 amide bonds. The summed E-state index contributed by atoms with van der Waals surface area (Å²) in [5.74, 6) is -0.780. The van der Waals surface area contributed by atoms with Crippen LogP contribution in [-0.2, 0) is 11.3 Å². The lowest BCUT2D eigenvalue weighted by atomic mass is 10.2. The fourth-order valence-corrected chi connectivity index (χ4v) is 2.23. The van der Waals surface area contributed by atoms with E-state index >= 15 is 0 Å². The minimum absolute atomic E-state index is 0.136. The fourth-order valence-electron chi connectivity index (χ4n) is 2.06. The lowest BCUT2D eigenvalue weighted by Gasteiger charge is -2.24. The molecule has 2 rings (SSSR count). The summed E-state index contributed by atoms with van der Waals surface area (Å²) >= 11 is 5.94. The molecule has 0 saturated heterocycles. The maximum Gasteiger partial charge on any atom is 0.304 e. The summed E-state index contributed by atoms with van der Waals surface area (Å²) in [5.41, 5.74) is 1.75. The average Bonchev–Trinajstić information content (AvgIpc) is 2.75. The van der Waals surface area contributed by atoms with Gasteiger partial charge in [0, 0.05) is 31.5 Å². The Hall–Kier alpha value is -1.59. The Morgan fingerprint density at radius 3 is 2.85 bits per heavy atom. The van der Waals surface area contributed by atoms with Crippen molar-refractivity contribution < 1.29 is 9.90 Å². The molecule has 0 saturated carbocycles. The van der Waals surface area contributed by atoms with Gasteiger partial charge in [0.1, 0.15) is 5.65 Å². The van der Waals surface area contributed by atoms with Crippen LogP contribution >= 0.6 is 11.6 Å². The van der Waals surface area contributed by atoms with Crippen molar-refractivity contribution in [1.82, 2.24) is 14.3 Å². The van der Waals surface area contributed by atoms with Crippen LogP contribution in [0.1, 0.15) is 26.0 Å². The van der Waals surface area contributed by atoms with Crippen LogP contribution in [0.25, 0.3) is 5.65 Å². The van der Waals surface area contributed by atoms with Crippen LogP contribution in [0.2, 0.25) is 5.02 Å². The van der Waals surface area contributed by atoms with Gasteiger partial charge in [0.05, 0.1) is 17.1 Å². The molecule has 6 heteroatoms. The monoisotopic (exact) mass is 295 g/mol. The van der Waals surface area contributed by atoms with Gasteiger partial charge in [0.15, 0.2) is 0 Å². The smallest absolute Gasteiger partial charge is 0.304 e. The molecule has 0 aromatic carbocycles. The van der Waals surface area contributed by atoms with Crippen molar-refractivity contribution >= 4 is 23.2 Å². The van der Waals surface area contributed by atoms with Gasteiger partial charge in [-0.1, -0.05) is 11.6 Å². The summed E-state index contributed by atoms with van der Waals surface area (Å²) in [6.45, 7) is 5.24. The van der Waals surface area contributed by atoms with Crippen LogP contribution in [0, 0.1) is 0 Å². The number of carboxylic acid groups (broad SMARTS) is 1. The van der Waals surface area contributed by atoms with Crippen molar-refractivity contribution in [3.63, 3.8) is 0 Å². The first-order valence-corrected chi connectivity index (χ1v) is 6.92. The minimum atomic E-state index is -0.780. The number of pyridine rings is 1. The standard InChI is InChI=1S/C14H18ClN3O2/c1-10(2)17(6-5-14(19)20)8-12-9-18-7-11(15)3-4-13(18)16-12/h3-4,7,9-10H,5-6,8H2,1-2H3,(H,19,20). The van der Waals surface area contributed by atoms with Gasteiger partial charge in [0.25, 0.3) is 0 Å². The van der Waals surface area contributed by atoms with Crippen molar-refractivity contribution in [2.75, 3.05) is 6.54 Å². The zero-order chi connectivity index (χ0) is 14.7. The number of halogens is 1. The van der Waals surface area contributed by atoms with Crippen LogP contribution in [-0.4, -0.2) is 37.9 Å². The number of hydrogen-bond donors (Lipinski definition) is 1. The lowest BCUT2D eigenvalue weighted by molar-refractivity contribution is -0.137. The molecule has 0 fully saturated rings. The van der Waals surface area contributed by atoms with Gasteiger partial charge in [-0.3, -0.25) is 9.69 Å². The van der Waals surface area contributed by atoms with E-state index in [4.69, 9.17) is 16.7 Å². The number of fused-ring (bicyclic) bond motifs is 1. The molecule has 2 heterocycles. The van der Waals surface area contributed by atoms with Crippen LogP contribution in [0.3, 0.4) is 0 Å². The van der Waals surface area contributed by atoms with Gasteiger partial charge >= 0.3 is 5.97 Å². The summed E-state index contributed by atoms with van der Waals surface area (Å²) in [6, 6.07) is 3.93. The SMILES string of the molecule is CC(C)N(CCC(=O)O)Cc1cn2cc(Cl)ccc2n1. The van der Waals surface area contributed by atoms with Crippen molar-refractivity contribution in [2.45, 2.75) is 32.9 Å². The first kappa shape index (κ1) is 14.8. The first-order chi connectivity index (χ1) is 9.45. The largest absolute Gasteiger partial charge is 0.481 e. The number of rotatable bonds is 6. The molecule has 0 aliphatic carbocycles. The lowest BCUT2D eigenvalue weighted by Crippen LogP contribution is -2.32. The van der Waals surface area contributed by atoms with E-state index < -0.39 is 5.97 Å². The number of aromatic nitrogens is 2. The molecule has 0 bridgehead atoms. The van der Waals surface area contributed by atoms with E-state index in [0.717, 1.165) is 11.3 Å². The average molecular weight is 296 g/mol. The van der Waals surface area contributed by atoms with Gasteiger partial charge in [-0.05, 0) is 26.0 Å². The van der Waals surface area contributed by atoms with E-state index in [-0.39, 0.29) is 12.5 Å². The summed E-state index contributed by atoms with van der Waals surface area (Å²) < 4.78 is 1.88. The number of imidazole rings is 1. The quantitative estimate of drug-likeness (QED) is 0.890. The van der Waals surface area contributed by atoms with Crippen LogP contribution in [0.15, 0.2) is 24.5 Å². The Labute approximate surface area is 122 Å². The fraction of sp³-hybridized carbons (Fsp3) is 0.429. The van der Waals surface area contributed by atoms with E-state index in [0.29, 0.717) is 18.1 Å². The molecular formula is C14H18ClN3O2. The van der Waals surface area contributed by atoms with Crippen LogP contribution in [0.4, 0.5) is 0 Å². The topological polar surface area (TPSA) is 57.8 Å². The molecule has 0 aliphatic rings. The maximum atomic E-state index is 10.7. The van der Waals surface area contributed by atoms with Gasteiger partial charge < -0.3 is 9.51 Å².